The molecule has 33 heteroatoms. The summed E-state index contributed by atoms with van der Waals surface area (Å²) in [4.78, 5) is 14.6. The zero-order valence-corrected chi connectivity index (χ0v) is 57.8. The Bertz CT molecular complexity index is 2820. The van der Waals surface area contributed by atoms with Crippen LogP contribution in [0.1, 0.15) is 99.8 Å². The molecule has 0 radical (unpaired) electrons. The molecule has 17 N–H and O–H groups in total. The van der Waals surface area contributed by atoms with Gasteiger partial charge in [-0.15, -0.1) is 0 Å². The number of cyclic esters (lactones) is 1. The fourth-order valence-corrected chi connectivity index (χ4v) is 19.2. The fraction of sp³-hybridized carbons (Fsp3) is 0.925. The first-order chi connectivity index (χ1) is 47.3. The summed E-state index contributed by atoms with van der Waals surface area (Å²) >= 11 is 0. The van der Waals surface area contributed by atoms with Crippen LogP contribution in [-0.2, 0) is 75.8 Å². The van der Waals surface area contributed by atoms with Crippen LogP contribution < -0.4 is 0 Å². The van der Waals surface area contributed by atoms with Gasteiger partial charge in [0.05, 0.1) is 51.8 Å². The molecule has 0 unspecified atom stereocenters. The Morgan fingerprint density at radius 3 is 1.45 bits per heavy atom. The predicted molar refractivity (Wildman–Crippen MR) is 333 cm³/mol. The third-order valence-electron chi connectivity index (χ3n) is 24.7. The van der Waals surface area contributed by atoms with Gasteiger partial charge >= 0.3 is 5.97 Å². The molecule has 38 atom stereocenters. The summed E-state index contributed by atoms with van der Waals surface area (Å²) < 4.78 is 89.8. The molecule has 0 amide bonds. The second-order valence-corrected chi connectivity index (χ2v) is 30.8. The molecule has 11 rings (SSSR count). The van der Waals surface area contributed by atoms with E-state index in [9.17, 15) is 91.6 Å². The molecule has 4 aliphatic carbocycles. The summed E-state index contributed by atoms with van der Waals surface area (Å²) in [6, 6.07) is 0. The summed E-state index contributed by atoms with van der Waals surface area (Å²) in [7, 11) is 2.34. The van der Waals surface area contributed by atoms with Crippen molar-refractivity contribution in [2.45, 2.75) is 296 Å². The number of rotatable bonds is 22. The third kappa shape index (κ3) is 13.4. The highest BCUT2D eigenvalue weighted by molar-refractivity contribution is 5.84. The van der Waals surface area contributed by atoms with Crippen molar-refractivity contribution in [3.8, 4) is 0 Å². The third-order valence-corrected chi connectivity index (χ3v) is 24.7. The van der Waals surface area contributed by atoms with Crippen LogP contribution in [0.25, 0.3) is 0 Å². The lowest BCUT2D eigenvalue weighted by Gasteiger charge is -2.64. The second-order valence-electron chi connectivity index (χ2n) is 30.8. The lowest BCUT2D eigenvalue weighted by molar-refractivity contribution is -0.399. The average Bonchev–Trinajstić information content (AvgIpc) is 1.47. The summed E-state index contributed by atoms with van der Waals surface area (Å²) in [5, 5.41) is 191. The lowest BCUT2D eigenvalue weighted by Crippen LogP contribution is -2.68. The molecule has 7 heterocycles. The van der Waals surface area contributed by atoms with Gasteiger partial charge in [0.2, 0.25) is 0 Å². The van der Waals surface area contributed by atoms with E-state index < -0.39 is 257 Å². The highest BCUT2D eigenvalue weighted by atomic mass is 16.8. The molecule has 100 heavy (non-hydrogen) atoms. The molecule has 11 aliphatic rings. The zero-order chi connectivity index (χ0) is 72.8. The maximum atomic E-state index is 14.6. The van der Waals surface area contributed by atoms with Crippen molar-refractivity contribution in [3.05, 3.63) is 23.3 Å². The van der Waals surface area contributed by atoms with Gasteiger partial charge < -0.3 is 158 Å². The smallest absolute Gasteiger partial charge is 0.316 e. The fourth-order valence-electron chi connectivity index (χ4n) is 19.2. The first-order valence-corrected chi connectivity index (χ1v) is 35.0. The van der Waals surface area contributed by atoms with Crippen molar-refractivity contribution < 1.29 is 163 Å². The maximum Gasteiger partial charge on any atom is 0.316 e. The largest absolute Gasteiger partial charge is 0.458 e. The molecular formula is C67H108O33. The van der Waals surface area contributed by atoms with Gasteiger partial charge in [0.1, 0.15) is 151 Å². The lowest BCUT2D eigenvalue weighted by atomic mass is 9.40. The molecular weight excluding hydrogens is 1330 g/mol. The van der Waals surface area contributed by atoms with Crippen LogP contribution in [0.15, 0.2) is 23.3 Å². The van der Waals surface area contributed by atoms with Gasteiger partial charge in [-0.05, 0) is 100 Å². The van der Waals surface area contributed by atoms with Gasteiger partial charge in [-0.1, -0.05) is 51.0 Å². The Labute approximate surface area is 579 Å². The van der Waals surface area contributed by atoms with E-state index in [2.05, 4.69) is 33.8 Å². The SMILES string of the molecule is CO[C@@H]1[C@@H](O)[C@H](O[C@@H]2[C@@H](O)[C@H](O[C@H]3[C@H](O)[C@@H](O)[C@H](O[C@H]4[C@H](O[C@H]5CC[C@]6(C)C7=C[C@H](O)[C@]89C(=O)O[C@@](C)(CCC=C(C)C)[C@H]8CC[C@@]9(C)[C@H]7CC[C@H]6C5(C)C)OC[C@@H](O[C@@H]5O[C@H](CO)[C@@H](O)[C@H](O[C@@H]6O[C@H](CO)[C@@H](O)[C@H](OC)[C@H]6O)[C@H]5O)[C@@H]4O)O[C@@H]3CO)O[C@H](CO)[C@H]2O)O[C@H](CO)[C@H]1O. The van der Waals surface area contributed by atoms with Crippen LogP contribution in [0, 0.1) is 39.4 Å². The number of aliphatic hydroxyl groups is 17. The van der Waals surface area contributed by atoms with Gasteiger partial charge in [0.25, 0.3) is 0 Å². The zero-order valence-electron chi connectivity index (χ0n) is 57.8. The molecule has 3 saturated carbocycles. The van der Waals surface area contributed by atoms with Gasteiger partial charge in [0, 0.05) is 20.1 Å². The molecule has 0 aromatic carbocycles. The van der Waals surface area contributed by atoms with E-state index in [0.29, 0.717) is 38.5 Å². The molecule has 0 bridgehead atoms. The van der Waals surface area contributed by atoms with E-state index in [4.69, 9.17) is 71.1 Å². The number of hydrogen-bond acceptors (Lipinski definition) is 33. The van der Waals surface area contributed by atoms with E-state index in [0.717, 1.165) is 31.1 Å². The van der Waals surface area contributed by atoms with Crippen LogP contribution in [0.5, 0.6) is 0 Å². The highest BCUT2D eigenvalue weighted by Crippen LogP contribution is 2.76. The normalized spacial score (nSPS) is 52.4. The van der Waals surface area contributed by atoms with Crippen molar-refractivity contribution in [3.63, 3.8) is 0 Å². The number of allylic oxidation sites excluding steroid dienone is 3. The van der Waals surface area contributed by atoms with Crippen molar-refractivity contribution in [2.75, 3.05) is 53.9 Å². The summed E-state index contributed by atoms with van der Waals surface area (Å²) in [5.74, 6) is -0.755. The molecule has 33 nitrogen and oxygen atoms in total. The Kier molecular flexibility index (Phi) is 24.2. The number of ether oxygens (including phenoxy) is 15. The van der Waals surface area contributed by atoms with Crippen LogP contribution >= 0.6 is 0 Å². The summed E-state index contributed by atoms with van der Waals surface area (Å²) in [6.07, 6.45) is -44.0. The van der Waals surface area contributed by atoms with E-state index in [1.807, 2.05) is 26.8 Å². The summed E-state index contributed by atoms with van der Waals surface area (Å²) in [5.41, 5.74) is -1.58. The van der Waals surface area contributed by atoms with Crippen LogP contribution in [0.2, 0.25) is 0 Å². The number of fused-ring (bicyclic) bond motifs is 4. The Balaban J connectivity index is 0.848. The van der Waals surface area contributed by atoms with Crippen molar-refractivity contribution in [1.82, 2.24) is 0 Å². The molecule has 574 valence electrons. The van der Waals surface area contributed by atoms with E-state index >= 15 is 0 Å². The molecule has 0 aromatic heterocycles. The first-order valence-electron chi connectivity index (χ1n) is 35.0. The molecule has 1 spiro atoms. The molecule has 7 saturated heterocycles. The standard InChI is InChI=1S/C67H108O33/c1-26(2)11-10-16-66(7)36-14-18-65(6)27-12-13-35-63(3,4)38(15-17-64(35,5)28(27)19-37(73)67(36,65)62(85)100-66)95-61-55(43(78)34(25-88-61)94-57-48(83)53(41(76)31(22-70)89-57)97-58-46(81)51(86-8)39(74)29(20-68)90-58)99-56-45(80)44(79)50(33(24-72)93-56)96-60-49(84)54(42(77)32(23-71)92-60)98-59-47(82)52(87-9)40(75)30(21-69)91-59/h11,19,27,29-61,68-84H,10,12-18,20-25H2,1-9H3/t27-,29+,30+,31+,32+,33+,34+,35-,36+,37-,38-,39+,40+,41+,42+,43-,44+,45+,46+,47+,48+,49+,50+,51-,52-,53-,54-,55+,56-,57-,58-,59-,60-,61-,64+,65-,66-,67-/m0/s1. The minimum Gasteiger partial charge on any atom is -0.458 e. The van der Waals surface area contributed by atoms with Gasteiger partial charge in [-0.3, -0.25) is 4.79 Å². The number of hydrogen-bond donors (Lipinski definition) is 17. The summed E-state index contributed by atoms with van der Waals surface area (Å²) in [6.45, 7) is 9.59. The predicted octanol–water partition coefficient (Wildman–Crippen LogP) is -5.14. The topological polar surface area (TPSA) is 499 Å². The molecule has 10 fully saturated rings. The number of methoxy groups -OCH3 is 2. The van der Waals surface area contributed by atoms with Crippen molar-refractivity contribution in [2.24, 2.45) is 39.4 Å². The Hall–Kier alpha value is -2.29. The molecule has 7 aliphatic heterocycles. The van der Waals surface area contributed by atoms with E-state index in [1.165, 1.54) is 7.11 Å². The van der Waals surface area contributed by atoms with E-state index in [-0.39, 0.29) is 23.7 Å². The minimum atomic E-state index is -2.19. The minimum absolute atomic E-state index is 0.0672. The molecule has 0 aromatic rings. The Morgan fingerprint density at radius 1 is 0.490 bits per heavy atom. The average molecular weight is 1440 g/mol. The Morgan fingerprint density at radius 2 is 0.950 bits per heavy atom. The number of carbonyl (C=O) groups excluding carboxylic acids is 1. The van der Waals surface area contributed by atoms with Gasteiger partial charge in [-0.2, -0.15) is 0 Å². The van der Waals surface area contributed by atoms with Crippen molar-refractivity contribution in [1.29, 1.82) is 0 Å². The van der Waals surface area contributed by atoms with Crippen LogP contribution in [0.3, 0.4) is 0 Å². The van der Waals surface area contributed by atoms with Crippen LogP contribution in [-0.4, -0.2) is 343 Å². The maximum absolute atomic E-state index is 14.6. The first kappa shape index (κ1) is 78.8. The highest BCUT2D eigenvalue weighted by Gasteiger charge is 2.79. The monoisotopic (exact) mass is 1440 g/mol. The number of aliphatic hydroxyl groups excluding tert-OH is 17. The quantitative estimate of drug-likeness (QED) is 0.0274. The van der Waals surface area contributed by atoms with E-state index in [1.54, 1.807) is 0 Å². The van der Waals surface area contributed by atoms with Gasteiger partial charge in [-0.25, -0.2) is 0 Å². The van der Waals surface area contributed by atoms with Crippen LogP contribution in [0.4, 0.5) is 0 Å². The number of esters is 1. The van der Waals surface area contributed by atoms with Gasteiger partial charge in [0.15, 0.2) is 37.7 Å². The van der Waals surface area contributed by atoms with Crippen molar-refractivity contribution >= 4 is 5.97 Å². The number of carbonyl (C=O) groups is 1. The second kappa shape index (κ2) is 30.8.